The lowest BCUT2D eigenvalue weighted by molar-refractivity contribution is 0.441. The number of rotatable bonds is 3. The largest absolute Gasteiger partial charge is 0.424 e. The van der Waals surface area contributed by atoms with Gasteiger partial charge in [0, 0.05) is 11.4 Å². The molecule has 20 heavy (non-hydrogen) atoms. The molecule has 0 aliphatic carbocycles. The van der Waals surface area contributed by atoms with E-state index in [1.54, 1.807) is 0 Å². The number of hydrogen-bond donors (Lipinski definition) is 2. The first-order valence-corrected chi connectivity index (χ1v) is 6.55. The number of pyridine rings is 1. The van der Waals surface area contributed by atoms with Gasteiger partial charge in [0.05, 0.1) is 16.7 Å². The number of hydrogen-bond acceptors (Lipinski definition) is 4. The summed E-state index contributed by atoms with van der Waals surface area (Å²) in [4.78, 5) is 12.0. The molecule has 2 aromatic heterocycles. The number of aryl methyl sites for hydroxylation is 2. The highest BCUT2D eigenvalue weighted by Crippen LogP contribution is 2.25. The summed E-state index contributed by atoms with van der Waals surface area (Å²) in [5.41, 5.74) is 10.0. The second kappa shape index (κ2) is 4.85. The first-order valence-electron chi connectivity index (χ1n) is 6.55. The molecule has 0 amide bonds. The van der Waals surface area contributed by atoms with Crippen LogP contribution in [0.1, 0.15) is 18.3 Å². The van der Waals surface area contributed by atoms with Crippen LogP contribution in [0.15, 0.2) is 30.3 Å². The highest BCUT2D eigenvalue weighted by atomic mass is 16.5. The maximum absolute atomic E-state index is 5.81. The number of aromatic nitrogens is 3. The van der Waals surface area contributed by atoms with E-state index in [9.17, 15) is 0 Å². The van der Waals surface area contributed by atoms with Crippen LogP contribution in [0.2, 0.25) is 0 Å². The Hall–Kier alpha value is -2.56. The lowest BCUT2D eigenvalue weighted by Crippen LogP contribution is -1.96. The monoisotopic (exact) mass is 268 g/mol. The predicted molar refractivity (Wildman–Crippen MR) is 78.9 cm³/mol. The van der Waals surface area contributed by atoms with Gasteiger partial charge in [-0.05, 0) is 43.7 Å². The van der Waals surface area contributed by atoms with E-state index in [-0.39, 0.29) is 0 Å². The van der Waals surface area contributed by atoms with Crippen LogP contribution >= 0.6 is 0 Å². The van der Waals surface area contributed by atoms with E-state index >= 15 is 0 Å². The Morgan fingerprint density at radius 1 is 1.20 bits per heavy atom. The van der Waals surface area contributed by atoms with Crippen molar-refractivity contribution in [3.63, 3.8) is 0 Å². The predicted octanol–water partition coefficient (Wildman–Crippen LogP) is 3.20. The van der Waals surface area contributed by atoms with E-state index < -0.39 is 0 Å². The molecule has 0 aliphatic heterocycles. The summed E-state index contributed by atoms with van der Waals surface area (Å²) < 4.78 is 5.81. The van der Waals surface area contributed by atoms with Crippen molar-refractivity contribution in [3.05, 3.63) is 41.7 Å². The molecule has 0 unspecified atom stereocenters. The Balaban J connectivity index is 1.96. The van der Waals surface area contributed by atoms with Crippen molar-refractivity contribution < 1.29 is 4.74 Å². The highest BCUT2D eigenvalue weighted by Gasteiger charge is 2.09. The SMILES string of the molecule is CCc1nc(C)ccc1Oc1nc2ccc(N)cc2[nH]1. The van der Waals surface area contributed by atoms with Gasteiger partial charge in [0.15, 0.2) is 5.75 Å². The number of nitrogens with zero attached hydrogens (tertiary/aromatic N) is 2. The first-order chi connectivity index (χ1) is 9.65. The zero-order chi connectivity index (χ0) is 14.1. The van der Waals surface area contributed by atoms with Crippen LogP contribution in [0, 0.1) is 6.92 Å². The van der Waals surface area contributed by atoms with E-state index in [2.05, 4.69) is 15.0 Å². The molecule has 0 saturated carbocycles. The van der Waals surface area contributed by atoms with Gasteiger partial charge in [-0.25, -0.2) is 0 Å². The van der Waals surface area contributed by atoms with Crippen LogP contribution in [0.3, 0.4) is 0 Å². The summed E-state index contributed by atoms with van der Waals surface area (Å²) >= 11 is 0. The third kappa shape index (κ3) is 2.30. The molecule has 5 nitrogen and oxygen atoms in total. The molecule has 0 atom stereocenters. The number of anilines is 1. The van der Waals surface area contributed by atoms with Crippen LogP contribution in [0.25, 0.3) is 11.0 Å². The van der Waals surface area contributed by atoms with Crippen LogP contribution in [0.4, 0.5) is 5.69 Å². The molecule has 0 fully saturated rings. The molecular weight excluding hydrogens is 252 g/mol. The molecule has 0 spiro atoms. The molecule has 3 N–H and O–H groups in total. The normalized spacial score (nSPS) is 10.9. The fourth-order valence-corrected chi connectivity index (χ4v) is 2.10. The minimum atomic E-state index is 0.450. The summed E-state index contributed by atoms with van der Waals surface area (Å²) in [5.74, 6) is 0.727. The van der Waals surface area contributed by atoms with E-state index in [1.807, 2.05) is 44.2 Å². The van der Waals surface area contributed by atoms with Crippen LogP contribution < -0.4 is 10.5 Å². The maximum atomic E-state index is 5.81. The molecule has 0 bridgehead atoms. The third-order valence-electron chi connectivity index (χ3n) is 3.10. The second-order valence-corrected chi connectivity index (χ2v) is 4.67. The Morgan fingerprint density at radius 2 is 2.05 bits per heavy atom. The van der Waals surface area contributed by atoms with Gasteiger partial charge in [0.25, 0.3) is 6.01 Å². The van der Waals surface area contributed by atoms with Gasteiger partial charge in [-0.15, -0.1) is 0 Å². The molecule has 1 aromatic carbocycles. The number of nitrogens with one attached hydrogen (secondary N) is 1. The van der Waals surface area contributed by atoms with Crippen molar-refractivity contribution in [1.29, 1.82) is 0 Å². The second-order valence-electron chi connectivity index (χ2n) is 4.67. The van der Waals surface area contributed by atoms with Gasteiger partial charge in [-0.3, -0.25) is 4.98 Å². The lowest BCUT2D eigenvalue weighted by Gasteiger charge is -2.07. The molecule has 0 saturated heterocycles. The quantitative estimate of drug-likeness (QED) is 0.715. The van der Waals surface area contributed by atoms with Gasteiger partial charge in [0.2, 0.25) is 0 Å². The average Bonchev–Trinajstić information content (AvgIpc) is 2.82. The average molecular weight is 268 g/mol. The molecule has 3 rings (SSSR count). The summed E-state index contributed by atoms with van der Waals surface area (Å²) in [5, 5.41) is 0. The number of ether oxygens (including phenoxy) is 1. The topological polar surface area (TPSA) is 76.8 Å². The van der Waals surface area contributed by atoms with Crippen molar-refractivity contribution in [3.8, 4) is 11.8 Å². The van der Waals surface area contributed by atoms with E-state index in [1.165, 1.54) is 0 Å². The fourth-order valence-electron chi connectivity index (χ4n) is 2.10. The van der Waals surface area contributed by atoms with Gasteiger partial charge in [-0.1, -0.05) is 6.92 Å². The summed E-state index contributed by atoms with van der Waals surface area (Å²) in [6, 6.07) is 9.81. The lowest BCUT2D eigenvalue weighted by atomic mass is 10.2. The molecule has 3 aromatic rings. The smallest absolute Gasteiger partial charge is 0.300 e. The fraction of sp³-hybridized carbons (Fsp3) is 0.200. The van der Waals surface area contributed by atoms with Crippen molar-refractivity contribution in [2.24, 2.45) is 0 Å². The molecule has 0 aliphatic rings. The maximum Gasteiger partial charge on any atom is 0.300 e. The van der Waals surface area contributed by atoms with Gasteiger partial charge >= 0.3 is 0 Å². The number of aromatic amines is 1. The first kappa shape index (κ1) is 12.5. The number of benzene rings is 1. The summed E-state index contributed by atoms with van der Waals surface area (Å²) in [6.07, 6.45) is 0.810. The Labute approximate surface area is 116 Å². The number of imidazole rings is 1. The molecule has 5 heteroatoms. The number of H-pyrrole nitrogens is 1. The number of nitrogens with two attached hydrogens (primary N) is 1. The Kier molecular flexibility index (Phi) is 3.02. The van der Waals surface area contributed by atoms with Crippen molar-refractivity contribution in [2.45, 2.75) is 20.3 Å². The Bertz CT molecular complexity index is 764. The van der Waals surface area contributed by atoms with Crippen molar-refractivity contribution in [2.75, 3.05) is 5.73 Å². The molecule has 102 valence electrons. The standard InChI is InChI=1S/C15H16N4O/c1-3-11-14(7-4-9(2)17-11)20-15-18-12-6-5-10(16)8-13(12)19-15/h4-8H,3,16H2,1-2H3,(H,18,19). The minimum absolute atomic E-state index is 0.450. The zero-order valence-corrected chi connectivity index (χ0v) is 11.5. The van der Waals surface area contributed by atoms with Crippen LogP contribution in [-0.2, 0) is 6.42 Å². The van der Waals surface area contributed by atoms with Crippen molar-refractivity contribution >= 4 is 16.7 Å². The van der Waals surface area contributed by atoms with Crippen LogP contribution in [-0.4, -0.2) is 15.0 Å². The van der Waals surface area contributed by atoms with Gasteiger partial charge in [-0.2, -0.15) is 4.98 Å². The van der Waals surface area contributed by atoms with E-state index in [0.29, 0.717) is 11.7 Å². The molecule has 2 heterocycles. The summed E-state index contributed by atoms with van der Waals surface area (Å²) in [7, 11) is 0. The van der Waals surface area contributed by atoms with Crippen molar-refractivity contribution in [1.82, 2.24) is 15.0 Å². The van der Waals surface area contributed by atoms with E-state index in [4.69, 9.17) is 10.5 Å². The Morgan fingerprint density at radius 3 is 2.85 bits per heavy atom. The summed E-state index contributed by atoms with van der Waals surface area (Å²) in [6.45, 7) is 4.01. The minimum Gasteiger partial charge on any atom is -0.424 e. The number of fused-ring (bicyclic) bond motifs is 1. The van der Waals surface area contributed by atoms with E-state index in [0.717, 1.165) is 34.6 Å². The molecule has 0 radical (unpaired) electrons. The van der Waals surface area contributed by atoms with Gasteiger partial charge < -0.3 is 15.5 Å². The van der Waals surface area contributed by atoms with Gasteiger partial charge in [0.1, 0.15) is 0 Å². The van der Waals surface area contributed by atoms with Crippen LogP contribution in [0.5, 0.6) is 11.8 Å². The highest BCUT2D eigenvalue weighted by molar-refractivity contribution is 5.79. The number of nitrogen functional groups attached to an aromatic ring is 1. The third-order valence-corrected chi connectivity index (χ3v) is 3.10. The molecular formula is C15H16N4O. The zero-order valence-electron chi connectivity index (χ0n) is 11.5.